The molecule has 0 saturated heterocycles. The molecule has 0 saturated carbocycles. The fourth-order valence-electron chi connectivity index (χ4n) is 2.88. The van der Waals surface area contributed by atoms with E-state index in [9.17, 15) is 9.59 Å². The summed E-state index contributed by atoms with van der Waals surface area (Å²) < 4.78 is 10.7. The monoisotopic (exact) mass is 351 g/mol. The van der Waals surface area contributed by atoms with Crippen molar-refractivity contribution in [3.8, 4) is 5.75 Å². The lowest BCUT2D eigenvalue weighted by molar-refractivity contribution is -0.148. The van der Waals surface area contributed by atoms with Crippen LogP contribution in [-0.2, 0) is 9.53 Å². The lowest BCUT2D eigenvalue weighted by Gasteiger charge is -2.13. The number of aryl methyl sites for hydroxylation is 2. The summed E-state index contributed by atoms with van der Waals surface area (Å²) in [4.78, 5) is 27.7. The van der Waals surface area contributed by atoms with Crippen LogP contribution in [0.25, 0.3) is 10.9 Å². The maximum absolute atomic E-state index is 12.6. The maximum atomic E-state index is 12.6. The number of carbonyl (C=O) groups is 2. The van der Waals surface area contributed by atoms with E-state index in [2.05, 4.69) is 4.98 Å². The summed E-state index contributed by atoms with van der Waals surface area (Å²) in [6.07, 6.45) is 0.758. The first kappa shape index (κ1) is 17.7. The van der Waals surface area contributed by atoms with Gasteiger partial charge in [0, 0.05) is 22.7 Å². The fraction of sp³-hybridized carbons (Fsp3) is 0.238. The van der Waals surface area contributed by atoms with Crippen LogP contribution < -0.4 is 4.74 Å². The lowest BCUT2D eigenvalue weighted by Crippen LogP contribution is -2.27. The lowest BCUT2D eigenvalue weighted by atomic mass is 10.1. The van der Waals surface area contributed by atoms with E-state index in [0.717, 1.165) is 22.0 Å². The molecule has 0 aliphatic carbocycles. The zero-order valence-corrected chi connectivity index (χ0v) is 15.0. The minimum absolute atomic E-state index is 0.241. The number of hydrogen-bond donors (Lipinski definition) is 1. The molecule has 0 fully saturated rings. The van der Waals surface area contributed by atoms with Gasteiger partial charge in [-0.3, -0.25) is 4.79 Å². The van der Waals surface area contributed by atoms with Crippen LogP contribution in [0.3, 0.4) is 0 Å². The normalized spacial score (nSPS) is 12.0. The fourth-order valence-corrected chi connectivity index (χ4v) is 2.88. The predicted octanol–water partition coefficient (Wildman–Crippen LogP) is 3.98. The topological polar surface area (TPSA) is 68.4 Å². The average molecular weight is 351 g/mol. The molecule has 0 bridgehead atoms. The Bertz CT molecular complexity index is 958. The van der Waals surface area contributed by atoms with Gasteiger partial charge in [-0.25, -0.2) is 4.79 Å². The number of esters is 1. The van der Waals surface area contributed by atoms with Crippen LogP contribution >= 0.6 is 0 Å². The summed E-state index contributed by atoms with van der Waals surface area (Å²) in [5.41, 5.74) is 3.44. The van der Waals surface area contributed by atoms with Gasteiger partial charge in [0.2, 0.25) is 5.78 Å². The van der Waals surface area contributed by atoms with Crippen molar-refractivity contribution in [2.24, 2.45) is 0 Å². The summed E-state index contributed by atoms with van der Waals surface area (Å²) in [6.45, 7) is 5.23. The van der Waals surface area contributed by atoms with Crippen LogP contribution in [0.15, 0.2) is 48.7 Å². The number of fused-ring (bicyclic) bond motifs is 1. The Labute approximate surface area is 151 Å². The molecule has 0 unspecified atom stereocenters. The third-order valence-electron chi connectivity index (χ3n) is 4.21. The summed E-state index contributed by atoms with van der Waals surface area (Å²) in [6, 6.07) is 13.2. The van der Waals surface area contributed by atoms with Crippen molar-refractivity contribution in [1.29, 1.82) is 0 Å². The highest BCUT2D eigenvalue weighted by Gasteiger charge is 2.22. The second-order valence-electron chi connectivity index (χ2n) is 6.30. The van der Waals surface area contributed by atoms with Crippen molar-refractivity contribution in [2.75, 3.05) is 6.61 Å². The first-order valence-corrected chi connectivity index (χ1v) is 8.45. The van der Waals surface area contributed by atoms with Crippen molar-refractivity contribution in [1.82, 2.24) is 4.98 Å². The van der Waals surface area contributed by atoms with Crippen molar-refractivity contribution < 1.29 is 19.1 Å². The molecule has 3 aromatic rings. The molecule has 1 heterocycles. The van der Waals surface area contributed by atoms with E-state index in [1.54, 1.807) is 13.1 Å². The highest BCUT2D eigenvalue weighted by molar-refractivity contribution is 6.10. The van der Waals surface area contributed by atoms with Gasteiger partial charge < -0.3 is 14.5 Å². The smallest absolute Gasteiger partial charge is 0.344 e. The Morgan fingerprint density at radius 2 is 1.88 bits per heavy atom. The highest BCUT2D eigenvalue weighted by atomic mass is 16.6. The Balaban J connectivity index is 1.61. The number of H-pyrrole nitrogens is 1. The van der Waals surface area contributed by atoms with Crippen molar-refractivity contribution in [2.45, 2.75) is 26.9 Å². The molecule has 5 heteroatoms. The SMILES string of the molecule is Cc1ccc(OCC(=O)O[C@@H](C)C(=O)c2c[nH]c3ccccc23)c(C)c1. The molecule has 0 aliphatic rings. The van der Waals surface area contributed by atoms with Gasteiger partial charge in [-0.1, -0.05) is 35.9 Å². The van der Waals surface area contributed by atoms with E-state index in [1.807, 2.05) is 56.3 Å². The number of nitrogens with one attached hydrogen (secondary N) is 1. The Hall–Kier alpha value is -3.08. The molecule has 0 radical (unpaired) electrons. The second kappa shape index (κ2) is 7.44. The molecule has 0 spiro atoms. The van der Waals surface area contributed by atoms with Gasteiger partial charge in [0.15, 0.2) is 12.7 Å². The molecule has 3 rings (SSSR count). The third kappa shape index (κ3) is 3.77. The Kier molecular flexibility index (Phi) is 5.07. The average Bonchev–Trinajstić information content (AvgIpc) is 3.04. The number of Topliss-reactive ketones (excluding diaryl/α,β-unsaturated/α-hetero) is 1. The van der Waals surface area contributed by atoms with Crippen LogP contribution in [0.1, 0.15) is 28.4 Å². The van der Waals surface area contributed by atoms with E-state index in [-0.39, 0.29) is 12.4 Å². The number of ketones is 1. The van der Waals surface area contributed by atoms with Crippen molar-refractivity contribution >= 4 is 22.7 Å². The number of ether oxygens (including phenoxy) is 2. The van der Waals surface area contributed by atoms with Crippen molar-refractivity contribution in [3.63, 3.8) is 0 Å². The standard InChI is InChI=1S/C21H21NO4/c1-13-8-9-19(14(2)10-13)25-12-20(23)26-15(3)21(24)17-11-22-18-7-5-4-6-16(17)18/h4-11,15,22H,12H2,1-3H3/t15-/m0/s1. The molecular weight excluding hydrogens is 330 g/mol. The van der Waals surface area contributed by atoms with E-state index >= 15 is 0 Å². The molecule has 0 aliphatic heterocycles. The molecule has 1 aromatic heterocycles. The number of hydrogen-bond acceptors (Lipinski definition) is 4. The number of aromatic amines is 1. The van der Waals surface area contributed by atoms with Crippen LogP contribution in [0.5, 0.6) is 5.75 Å². The molecule has 5 nitrogen and oxygen atoms in total. The van der Waals surface area contributed by atoms with Gasteiger partial charge in [-0.05, 0) is 38.5 Å². The minimum atomic E-state index is -0.885. The van der Waals surface area contributed by atoms with Crippen LogP contribution in [0.2, 0.25) is 0 Å². The molecule has 2 aromatic carbocycles. The minimum Gasteiger partial charge on any atom is -0.482 e. The number of benzene rings is 2. The zero-order valence-electron chi connectivity index (χ0n) is 15.0. The van der Waals surface area contributed by atoms with Gasteiger partial charge in [0.25, 0.3) is 0 Å². The number of rotatable bonds is 6. The first-order chi connectivity index (χ1) is 12.5. The molecule has 0 amide bonds. The zero-order chi connectivity index (χ0) is 18.7. The third-order valence-corrected chi connectivity index (χ3v) is 4.21. The van der Waals surface area contributed by atoms with Gasteiger partial charge in [-0.2, -0.15) is 0 Å². The van der Waals surface area contributed by atoms with Crippen LogP contribution in [0.4, 0.5) is 0 Å². The molecule has 1 N–H and O–H groups in total. The Morgan fingerprint density at radius 3 is 2.65 bits per heavy atom. The molecule has 134 valence electrons. The Morgan fingerprint density at radius 1 is 1.12 bits per heavy atom. The summed E-state index contributed by atoms with van der Waals surface area (Å²) >= 11 is 0. The number of carbonyl (C=O) groups excluding carboxylic acids is 2. The number of para-hydroxylation sites is 1. The predicted molar refractivity (Wildman–Crippen MR) is 99.6 cm³/mol. The van der Waals surface area contributed by atoms with E-state index in [1.165, 1.54) is 0 Å². The number of aromatic nitrogens is 1. The summed E-state index contributed by atoms with van der Waals surface area (Å²) in [5.74, 6) is -0.198. The first-order valence-electron chi connectivity index (χ1n) is 8.45. The second-order valence-corrected chi connectivity index (χ2v) is 6.30. The van der Waals surface area contributed by atoms with E-state index in [4.69, 9.17) is 9.47 Å². The maximum Gasteiger partial charge on any atom is 0.344 e. The van der Waals surface area contributed by atoms with Crippen LogP contribution in [0, 0.1) is 13.8 Å². The van der Waals surface area contributed by atoms with E-state index < -0.39 is 12.1 Å². The van der Waals surface area contributed by atoms with Gasteiger partial charge >= 0.3 is 5.97 Å². The molecule has 26 heavy (non-hydrogen) atoms. The largest absolute Gasteiger partial charge is 0.482 e. The highest BCUT2D eigenvalue weighted by Crippen LogP contribution is 2.21. The van der Waals surface area contributed by atoms with Crippen LogP contribution in [-0.4, -0.2) is 29.4 Å². The molecule has 1 atom stereocenters. The quantitative estimate of drug-likeness (QED) is 0.539. The van der Waals surface area contributed by atoms with Gasteiger partial charge in [0.05, 0.1) is 0 Å². The van der Waals surface area contributed by atoms with Gasteiger partial charge in [-0.15, -0.1) is 0 Å². The summed E-state index contributed by atoms with van der Waals surface area (Å²) in [5, 5.41) is 0.812. The summed E-state index contributed by atoms with van der Waals surface area (Å²) in [7, 11) is 0. The van der Waals surface area contributed by atoms with E-state index in [0.29, 0.717) is 11.3 Å². The van der Waals surface area contributed by atoms with Gasteiger partial charge in [0.1, 0.15) is 5.75 Å². The molecular formula is C21H21NO4. The van der Waals surface area contributed by atoms with Crippen molar-refractivity contribution in [3.05, 3.63) is 65.4 Å².